The Balaban J connectivity index is 3.01. The Labute approximate surface area is 76.9 Å². The van der Waals surface area contributed by atoms with Crippen molar-refractivity contribution in [1.29, 1.82) is 0 Å². The van der Waals surface area contributed by atoms with E-state index in [4.69, 9.17) is 23.8 Å². The van der Waals surface area contributed by atoms with Gasteiger partial charge in [-0.15, -0.1) is 11.3 Å². The monoisotopic (exact) mass is 202 g/mol. The van der Waals surface area contributed by atoms with Gasteiger partial charge in [0.1, 0.15) is 0 Å². The van der Waals surface area contributed by atoms with Crippen LogP contribution in [0, 0.1) is 3.95 Å². The number of H-pyrrole nitrogens is 1. The van der Waals surface area contributed by atoms with E-state index in [2.05, 4.69) is 9.97 Å². The number of thiazole rings is 1. The van der Waals surface area contributed by atoms with E-state index in [0.717, 1.165) is 14.2 Å². The van der Waals surface area contributed by atoms with Crippen molar-refractivity contribution in [3.8, 4) is 0 Å². The molecule has 0 unspecified atom stereocenters. The number of aromatic nitrogens is 2. The molecule has 2 aromatic rings. The first kappa shape index (κ1) is 7.21. The molecule has 0 aromatic carbocycles. The van der Waals surface area contributed by atoms with E-state index in [1.54, 1.807) is 6.20 Å². The van der Waals surface area contributed by atoms with Gasteiger partial charge >= 0.3 is 0 Å². The standard InChI is InChI=1S/C6H3ClN2S2/c7-5-4-3(1-2-8-5)11-6(10)9-4/h1-2H,(H,9,10). The normalized spacial score (nSPS) is 10.6. The number of hydrogen-bond donors (Lipinski definition) is 1. The molecule has 56 valence electrons. The molecule has 0 radical (unpaired) electrons. The van der Waals surface area contributed by atoms with E-state index >= 15 is 0 Å². The molecule has 0 bridgehead atoms. The number of fused-ring (bicyclic) bond motifs is 1. The summed E-state index contributed by atoms with van der Waals surface area (Å²) in [5.74, 6) is 0. The number of pyridine rings is 1. The number of halogens is 1. The lowest BCUT2D eigenvalue weighted by atomic mass is 10.5. The van der Waals surface area contributed by atoms with Gasteiger partial charge in [-0.2, -0.15) is 0 Å². The molecular formula is C6H3ClN2S2. The zero-order chi connectivity index (χ0) is 7.84. The highest BCUT2D eigenvalue weighted by atomic mass is 35.5. The molecule has 11 heavy (non-hydrogen) atoms. The first-order valence-electron chi connectivity index (χ1n) is 2.91. The molecule has 0 aliphatic heterocycles. The van der Waals surface area contributed by atoms with Gasteiger partial charge in [0.2, 0.25) is 0 Å². The first-order chi connectivity index (χ1) is 5.27. The van der Waals surface area contributed by atoms with Crippen molar-refractivity contribution in [2.75, 3.05) is 0 Å². The van der Waals surface area contributed by atoms with Crippen LogP contribution in [0.25, 0.3) is 10.2 Å². The van der Waals surface area contributed by atoms with Crippen molar-refractivity contribution < 1.29 is 0 Å². The number of hydrogen-bond acceptors (Lipinski definition) is 3. The van der Waals surface area contributed by atoms with Crippen molar-refractivity contribution in [2.24, 2.45) is 0 Å². The zero-order valence-electron chi connectivity index (χ0n) is 5.30. The largest absolute Gasteiger partial charge is 0.334 e. The summed E-state index contributed by atoms with van der Waals surface area (Å²) < 4.78 is 1.78. The Morgan fingerprint density at radius 2 is 2.45 bits per heavy atom. The fourth-order valence-electron chi connectivity index (χ4n) is 0.846. The van der Waals surface area contributed by atoms with Crippen LogP contribution in [0.4, 0.5) is 0 Å². The lowest BCUT2D eigenvalue weighted by Crippen LogP contribution is -1.74. The second kappa shape index (κ2) is 2.55. The van der Waals surface area contributed by atoms with Crippen molar-refractivity contribution in [2.45, 2.75) is 0 Å². The average molecular weight is 203 g/mol. The van der Waals surface area contributed by atoms with Crippen LogP contribution in [0.15, 0.2) is 12.3 Å². The molecule has 0 aliphatic rings. The van der Waals surface area contributed by atoms with Crippen LogP contribution >= 0.6 is 35.2 Å². The number of rotatable bonds is 0. The van der Waals surface area contributed by atoms with Gasteiger partial charge < -0.3 is 4.98 Å². The van der Waals surface area contributed by atoms with Crippen molar-refractivity contribution in [3.63, 3.8) is 0 Å². The maximum Gasteiger partial charge on any atom is 0.159 e. The van der Waals surface area contributed by atoms with Gasteiger partial charge in [-0.1, -0.05) is 11.6 Å². The molecule has 2 aromatic heterocycles. The van der Waals surface area contributed by atoms with Gasteiger partial charge in [0.15, 0.2) is 9.11 Å². The topological polar surface area (TPSA) is 28.7 Å². The Kier molecular flexibility index (Phi) is 1.67. The van der Waals surface area contributed by atoms with Crippen LogP contribution in [0.1, 0.15) is 0 Å². The summed E-state index contributed by atoms with van der Waals surface area (Å²) in [6.07, 6.45) is 1.67. The molecule has 0 aliphatic carbocycles. The second-order valence-electron chi connectivity index (χ2n) is 1.99. The summed E-state index contributed by atoms with van der Waals surface area (Å²) in [6.45, 7) is 0. The summed E-state index contributed by atoms with van der Waals surface area (Å²) in [7, 11) is 0. The minimum atomic E-state index is 0.481. The van der Waals surface area contributed by atoms with Gasteiger partial charge in [0, 0.05) is 6.20 Å². The second-order valence-corrected chi connectivity index (χ2v) is 4.07. The minimum Gasteiger partial charge on any atom is -0.334 e. The molecule has 5 heteroatoms. The predicted molar refractivity (Wildman–Crippen MR) is 49.8 cm³/mol. The smallest absolute Gasteiger partial charge is 0.159 e. The highest BCUT2D eigenvalue weighted by molar-refractivity contribution is 7.73. The molecular weight excluding hydrogens is 200 g/mol. The number of nitrogens with zero attached hydrogens (tertiary/aromatic N) is 1. The molecule has 0 atom stereocenters. The third-order valence-electron chi connectivity index (χ3n) is 1.30. The maximum atomic E-state index is 5.79. The quantitative estimate of drug-likeness (QED) is 0.526. The number of aromatic amines is 1. The Hall–Kier alpha value is -0.450. The molecule has 0 fully saturated rings. The molecule has 2 heterocycles. The van der Waals surface area contributed by atoms with Crippen LogP contribution in [-0.4, -0.2) is 9.97 Å². The van der Waals surface area contributed by atoms with Crippen LogP contribution in [0.2, 0.25) is 5.15 Å². The third kappa shape index (κ3) is 1.17. The lowest BCUT2D eigenvalue weighted by Gasteiger charge is -1.88. The minimum absolute atomic E-state index is 0.481. The Morgan fingerprint density at radius 1 is 1.64 bits per heavy atom. The highest BCUT2D eigenvalue weighted by Crippen LogP contribution is 2.23. The molecule has 0 saturated heterocycles. The van der Waals surface area contributed by atoms with E-state index in [1.807, 2.05) is 6.07 Å². The summed E-state index contributed by atoms with van der Waals surface area (Å²) in [4.78, 5) is 6.88. The predicted octanol–water partition coefficient (Wildman–Crippen LogP) is 3.01. The van der Waals surface area contributed by atoms with E-state index in [9.17, 15) is 0 Å². The Morgan fingerprint density at radius 3 is 3.18 bits per heavy atom. The van der Waals surface area contributed by atoms with Gasteiger partial charge in [-0.3, -0.25) is 0 Å². The van der Waals surface area contributed by atoms with Crippen molar-refractivity contribution in [1.82, 2.24) is 9.97 Å². The molecule has 0 saturated carbocycles. The summed E-state index contributed by atoms with van der Waals surface area (Å²) in [5.41, 5.74) is 0.837. The molecule has 2 nitrogen and oxygen atoms in total. The fourth-order valence-corrected chi connectivity index (χ4v) is 2.21. The molecule has 0 spiro atoms. The van der Waals surface area contributed by atoms with Crippen LogP contribution in [0.5, 0.6) is 0 Å². The van der Waals surface area contributed by atoms with E-state index < -0.39 is 0 Å². The summed E-state index contributed by atoms with van der Waals surface area (Å²) in [5, 5.41) is 0.481. The molecule has 2 rings (SSSR count). The van der Waals surface area contributed by atoms with Crippen LogP contribution < -0.4 is 0 Å². The molecule has 1 N–H and O–H groups in total. The summed E-state index contributed by atoms with van der Waals surface area (Å²) in [6, 6.07) is 1.89. The van der Waals surface area contributed by atoms with Gasteiger partial charge in [-0.25, -0.2) is 4.98 Å². The Bertz CT molecular complexity index is 445. The lowest BCUT2D eigenvalue weighted by molar-refractivity contribution is 1.33. The first-order valence-corrected chi connectivity index (χ1v) is 4.51. The summed E-state index contributed by atoms with van der Waals surface area (Å²) >= 11 is 12.2. The van der Waals surface area contributed by atoms with E-state index in [-0.39, 0.29) is 0 Å². The SMILES string of the molecule is S=c1[nH]c2c(Cl)nccc2s1. The molecule has 0 amide bonds. The zero-order valence-corrected chi connectivity index (χ0v) is 7.69. The highest BCUT2D eigenvalue weighted by Gasteiger charge is 2.00. The fraction of sp³-hybridized carbons (Fsp3) is 0. The van der Waals surface area contributed by atoms with Crippen LogP contribution in [-0.2, 0) is 0 Å². The average Bonchev–Trinajstić information content (AvgIpc) is 2.31. The van der Waals surface area contributed by atoms with Gasteiger partial charge in [0.25, 0.3) is 0 Å². The van der Waals surface area contributed by atoms with Crippen molar-refractivity contribution in [3.05, 3.63) is 21.4 Å². The van der Waals surface area contributed by atoms with Gasteiger partial charge in [-0.05, 0) is 18.3 Å². The van der Waals surface area contributed by atoms with Crippen LogP contribution in [0.3, 0.4) is 0 Å². The van der Waals surface area contributed by atoms with E-state index in [0.29, 0.717) is 5.15 Å². The maximum absolute atomic E-state index is 5.79. The van der Waals surface area contributed by atoms with E-state index in [1.165, 1.54) is 11.3 Å². The number of nitrogens with one attached hydrogen (secondary N) is 1. The van der Waals surface area contributed by atoms with Gasteiger partial charge in [0.05, 0.1) is 10.2 Å². The third-order valence-corrected chi connectivity index (χ3v) is 2.78. The van der Waals surface area contributed by atoms with Crippen molar-refractivity contribution >= 4 is 45.4 Å².